The second-order valence-electron chi connectivity index (χ2n) is 11.6. The van der Waals surface area contributed by atoms with E-state index in [1.54, 1.807) is 18.3 Å². The van der Waals surface area contributed by atoms with Gasteiger partial charge in [-0.1, -0.05) is 69.3 Å². The quantitative estimate of drug-likeness (QED) is 0.238. The Morgan fingerprint density at radius 3 is 2.21 bits per heavy atom. The van der Waals surface area contributed by atoms with E-state index in [1.807, 2.05) is 48.8 Å². The number of benzene rings is 4. The molecule has 7 aromatic rings. The molecule has 0 fully saturated rings. The Balaban J connectivity index is 1.47. The van der Waals surface area contributed by atoms with Crippen molar-refractivity contribution in [1.29, 1.82) is 0 Å². The highest BCUT2D eigenvalue weighted by molar-refractivity contribution is 5.99. The smallest absolute Gasteiger partial charge is 0.231 e. The second kappa shape index (κ2) is 9.96. The predicted octanol–water partition coefficient (Wildman–Crippen LogP) is 9.44. The van der Waals surface area contributed by atoms with Crippen LogP contribution in [0.4, 0.5) is 0 Å². The Kier molecular flexibility index (Phi) is 6.09. The number of nitrogens with zero attached hydrogens (tertiary/aromatic N) is 3. The first-order valence-electron chi connectivity index (χ1n) is 14.0. The standard InChI is InChI=1S/C37H29N3O2/c1-37(2,3)28-19-26(29-12-6-14-33-35(29)40-36(42-33)30-11-4-5-13-32(30)41)18-27(20-28)31-21-25(24-10-7-15-38-22-24)17-23-9-8-16-39-34(23)31/h4-22,41H,1-3H3. The zero-order valence-electron chi connectivity index (χ0n) is 23.7. The SMILES string of the molecule is CC(C)(C)c1cc(-c2cc(-c3cccnc3)cc3cccnc23)cc(-c2cccc3oc(-c4ccccc4O)nc23)c1. The fourth-order valence-corrected chi connectivity index (χ4v) is 5.44. The minimum absolute atomic E-state index is 0.104. The molecule has 3 aromatic heterocycles. The molecule has 0 amide bonds. The van der Waals surface area contributed by atoms with E-state index >= 15 is 0 Å². The van der Waals surface area contributed by atoms with E-state index in [4.69, 9.17) is 14.4 Å². The average molecular weight is 548 g/mol. The van der Waals surface area contributed by atoms with Crippen LogP contribution in [0.2, 0.25) is 0 Å². The Labute approximate surface area is 244 Å². The summed E-state index contributed by atoms with van der Waals surface area (Å²) in [4.78, 5) is 14.0. The molecule has 0 saturated carbocycles. The third-order valence-corrected chi connectivity index (χ3v) is 7.67. The van der Waals surface area contributed by atoms with Crippen molar-refractivity contribution in [2.45, 2.75) is 26.2 Å². The van der Waals surface area contributed by atoms with Gasteiger partial charge in [0.25, 0.3) is 0 Å². The Morgan fingerprint density at radius 1 is 0.643 bits per heavy atom. The van der Waals surface area contributed by atoms with Gasteiger partial charge in [0.1, 0.15) is 11.3 Å². The Bertz CT molecular complexity index is 2090. The van der Waals surface area contributed by atoms with Gasteiger partial charge in [-0.2, -0.15) is 0 Å². The highest BCUT2D eigenvalue weighted by Crippen LogP contribution is 2.40. The van der Waals surface area contributed by atoms with E-state index in [2.05, 4.69) is 74.3 Å². The molecule has 0 bridgehead atoms. The van der Waals surface area contributed by atoms with E-state index in [9.17, 15) is 5.11 Å². The number of phenolic OH excluding ortho intramolecular Hbond substituents is 1. The normalized spacial score (nSPS) is 11.8. The van der Waals surface area contributed by atoms with Crippen molar-refractivity contribution in [3.05, 3.63) is 121 Å². The molecule has 5 nitrogen and oxygen atoms in total. The van der Waals surface area contributed by atoms with Crippen molar-refractivity contribution in [3.8, 4) is 50.6 Å². The van der Waals surface area contributed by atoms with E-state index in [0.717, 1.165) is 49.8 Å². The molecule has 0 saturated heterocycles. The zero-order valence-corrected chi connectivity index (χ0v) is 23.7. The van der Waals surface area contributed by atoms with Crippen molar-refractivity contribution in [3.63, 3.8) is 0 Å². The molecule has 0 atom stereocenters. The second-order valence-corrected chi connectivity index (χ2v) is 11.6. The summed E-state index contributed by atoms with van der Waals surface area (Å²) in [5.74, 6) is 0.526. The fourth-order valence-electron chi connectivity index (χ4n) is 5.44. The van der Waals surface area contributed by atoms with Crippen molar-refractivity contribution < 1.29 is 9.52 Å². The maximum Gasteiger partial charge on any atom is 0.231 e. The van der Waals surface area contributed by atoms with Gasteiger partial charge in [0.05, 0.1) is 11.1 Å². The van der Waals surface area contributed by atoms with E-state index in [0.29, 0.717) is 17.0 Å². The highest BCUT2D eigenvalue weighted by atomic mass is 16.3. The summed E-state index contributed by atoms with van der Waals surface area (Å²) in [6.45, 7) is 6.68. The van der Waals surface area contributed by atoms with Gasteiger partial charge in [0.2, 0.25) is 5.89 Å². The van der Waals surface area contributed by atoms with E-state index < -0.39 is 0 Å². The number of para-hydroxylation sites is 2. The maximum absolute atomic E-state index is 10.4. The molecular formula is C37H29N3O2. The van der Waals surface area contributed by atoms with Crippen LogP contribution in [-0.4, -0.2) is 20.1 Å². The van der Waals surface area contributed by atoms with Gasteiger partial charge in [-0.3, -0.25) is 9.97 Å². The largest absolute Gasteiger partial charge is 0.507 e. The van der Waals surface area contributed by atoms with Gasteiger partial charge in [-0.05, 0) is 76.2 Å². The molecule has 42 heavy (non-hydrogen) atoms. The molecule has 204 valence electrons. The Morgan fingerprint density at radius 2 is 1.43 bits per heavy atom. The van der Waals surface area contributed by atoms with Crippen molar-refractivity contribution in [2.75, 3.05) is 0 Å². The number of rotatable bonds is 4. The first-order chi connectivity index (χ1) is 20.3. The van der Waals surface area contributed by atoms with Crippen LogP contribution in [0.15, 0.2) is 120 Å². The number of hydrogen-bond donors (Lipinski definition) is 1. The summed E-state index contributed by atoms with van der Waals surface area (Å²) in [6.07, 6.45) is 5.54. The van der Waals surface area contributed by atoms with Crippen molar-refractivity contribution in [1.82, 2.24) is 15.0 Å². The van der Waals surface area contributed by atoms with Crippen molar-refractivity contribution in [2.24, 2.45) is 0 Å². The molecule has 0 radical (unpaired) electrons. The molecule has 7 rings (SSSR count). The van der Waals surface area contributed by atoms with Crippen LogP contribution in [0.25, 0.3) is 66.8 Å². The molecule has 5 heteroatoms. The van der Waals surface area contributed by atoms with Gasteiger partial charge >= 0.3 is 0 Å². The van der Waals surface area contributed by atoms with E-state index in [-0.39, 0.29) is 11.2 Å². The molecule has 0 aliphatic rings. The third kappa shape index (κ3) is 4.59. The molecule has 4 aromatic carbocycles. The summed E-state index contributed by atoms with van der Waals surface area (Å²) >= 11 is 0. The molecule has 3 heterocycles. The molecule has 0 aliphatic carbocycles. The summed E-state index contributed by atoms with van der Waals surface area (Å²) in [6, 6.07) is 32.3. The predicted molar refractivity (Wildman–Crippen MR) is 169 cm³/mol. The lowest BCUT2D eigenvalue weighted by Crippen LogP contribution is -2.11. The third-order valence-electron chi connectivity index (χ3n) is 7.67. The first kappa shape index (κ1) is 25.7. The minimum Gasteiger partial charge on any atom is -0.507 e. The monoisotopic (exact) mass is 547 g/mol. The lowest BCUT2D eigenvalue weighted by atomic mass is 9.82. The highest BCUT2D eigenvalue weighted by Gasteiger charge is 2.21. The van der Waals surface area contributed by atoms with Gasteiger partial charge in [-0.25, -0.2) is 4.98 Å². The zero-order chi connectivity index (χ0) is 28.8. The number of pyridine rings is 2. The Hall–Kier alpha value is -5.29. The summed E-state index contributed by atoms with van der Waals surface area (Å²) in [5, 5.41) is 11.5. The van der Waals surface area contributed by atoms with Crippen LogP contribution in [-0.2, 0) is 5.41 Å². The van der Waals surface area contributed by atoms with Gasteiger partial charge < -0.3 is 9.52 Å². The van der Waals surface area contributed by atoms with E-state index in [1.165, 1.54) is 5.56 Å². The number of aromatic nitrogens is 3. The number of hydrogen-bond acceptors (Lipinski definition) is 5. The van der Waals surface area contributed by atoms with Gasteiger partial charge in [-0.15, -0.1) is 0 Å². The van der Waals surface area contributed by atoms with Gasteiger partial charge in [0.15, 0.2) is 5.58 Å². The number of aromatic hydroxyl groups is 1. The summed E-state index contributed by atoms with van der Waals surface area (Å²) < 4.78 is 6.14. The minimum atomic E-state index is -0.104. The van der Waals surface area contributed by atoms with Crippen LogP contribution < -0.4 is 0 Å². The van der Waals surface area contributed by atoms with Crippen LogP contribution in [0, 0.1) is 0 Å². The fraction of sp³-hybridized carbons (Fsp3) is 0.108. The summed E-state index contributed by atoms with van der Waals surface area (Å²) in [7, 11) is 0. The van der Waals surface area contributed by atoms with Crippen LogP contribution >= 0.6 is 0 Å². The summed E-state index contributed by atoms with van der Waals surface area (Å²) in [5.41, 5.74) is 10.3. The maximum atomic E-state index is 10.4. The lowest BCUT2D eigenvalue weighted by molar-refractivity contribution is 0.474. The number of oxazole rings is 1. The molecule has 0 aliphatic heterocycles. The average Bonchev–Trinajstić information content (AvgIpc) is 3.45. The topological polar surface area (TPSA) is 72.0 Å². The number of phenols is 1. The van der Waals surface area contributed by atoms with Crippen LogP contribution in [0.3, 0.4) is 0 Å². The van der Waals surface area contributed by atoms with Crippen LogP contribution in [0.1, 0.15) is 26.3 Å². The molecule has 0 unspecified atom stereocenters. The van der Waals surface area contributed by atoms with Crippen molar-refractivity contribution >= 4 is 22.0 Å². The molecular weight excluding hydrogens is 518 g/mol. The molecule has 1 N–H and O–H groups in total. The molecule has 0 spiro atoms. The first-order valence-corrected chi connectivity index (χ1v) is 14.0. The van der Waals surface area contributed by atoms with Crippen LogP contribution in [0.5, 0.6) is 5.75 Å². The lowest BCUT2D eigenvalue weighted by Gasteiger charge is -2.22. The number of fused-ring (bicyclic) bond motifs is 2. The van der Waals surface area contributed by atoms with Gasteiger partial charge in [0, 0.05) is 40.7 Å².